The third-order valence-corrected chi connectivity index (χ3v) is 6.50. The molecule has 0 aliphatic heterocycles. The van der Waals surface area contributed by atoms with Gasteiger partial charge in [0.15, 0.2) is 5.11 Å². The molecular formula is C26H31N3O3S. The van der Waals surface area contributed by atoms with Crippen molar-refractivity contribution in [1.29, 1.82) is 0 Å². The zero-order valence-electron chi connectivity index (χ0n) is 19.2. The molecule has 0 atom stereocenters. The number of nitrogens with zero attached hydrogens (tertiary/aromatic N) is 1. The Morgan fingerprint density at radius 2 is 1.82 bits per heavy atom. The molecule has 0 unspecified atom stereocenters. The highest BCUT2D eigenvalue weighted by Gasteiger charge is 2.24. The fraction of sp³-hybridized carbons (Fsp3) is 0.385. The van der Waals surface area contributed by atoms with Gasteiger partial charge in [0.25, 0.3) is 5.56 Å². The van der Waals surface area contributed by atoms with Crippen LogP contribution in [-0.2, 0) is 6.54 Å². The van der Waals surface area contributed by atoms with E-state index in [1.54, 1.807) is 7.11 Å². The molecule has 3 aromatic rings. The zero-order chi connectivity index (χ0) is 23.2. The van der Waals surface area contributed by atoms with E-state index < -0.39 is 0 Å². The van der Waals surface area contributed by atoms with Gasteiger partial charge in [-0.15, -0.1) is 0 Å². The second kappa shape index (κ2) is 10.7. The molecule has 0 spiro atoms. The number of thiocarbonyl (C=S) groups is 1. The maximum atomic E-state index is 12.9. The Bertz CT molecular complexity index is 1150. The average molecular weight is 466 g/mol. The Labute approximate surface area is 199 Å². The van der Waals surface area contributed by atoms with Gasteiger partial charge < -0.3 is 24.7 Å². The summed E-state index contributed by atoms with van der Waals surface area (Å²) in [6, 6.07) is 15.8. The number of aromatic nitrogens is 1. The van der Waals surface area contributed by atoms with E-state index in [9.17, 15) is 4.79 Å². The molecule has 2 N–H and O–H groups in total. The van der Waals surface area contributed by atoms with Crippen molar-refractivity contribution in [2.24, 2.45) is 0 Å². The van der Waals surface area contributed by atoms with Crippen LogP contribution in [0.4, 0.5) is 5.69 Å². The van der Waals surface area contributed by atoms with Gasteiger partial charge in [-0.25, -0.2) is 0 Å². The lowest BCUT2D eigenvalue weighted by molar-refractivity contribution is 0.240. The van der Waals surface area contributed by atoms with Crippen LogP contribution in [-0.4, -0.2) is 34.8 Å². The highest BCUT2D eigenvalue weighted by Crippen LogP contribution is 2.26. The van der Waals surface area contributed by atoms with Crippen LogP contribution in [0.2, 0.25) is 0 Å². The maximum Gasteiger partial charge on any atom is 0.253 e. The molecule has 1 heterocycles. The van der Waals surface area contributed by atoms with E-state index >= 15 is 0 Å². The second-order valence-electron chi connectivity index (χ2n) is 8.38. The molecule has 1 fully saturated rings. The third-order valence-electron chi connectivity index (χ3n) is 6.16. The number of anilines is 1. The Balaban J connectivity index is 1.58. The van der Waals surface area contributed by atoms with E-state index in [1.807, 2.05) is 55.5 Å². The SMILES string of the molecule is CCOc1ccc(NC(=S)N(Cc2cc3ccc(OC)cc3[nH]c2=O)C2CCCCC2)cc1. The fourth-order valence-corrected chi connectivity index (χ4v) is 4.74. The fourth-order valence-electron chi connectivity index (χ4n) is 4.41. The third kappa shape index (κ3) is 5.66. The van der Waals surface area contributed by atoms with Crippen LogP contribution in [0.5, 0.6) is 11.5 Å². The normalized spacial score (nSPS) is 14.1. The second-order valence-corrected chi connectivity index (χ2v) is 8.77. The number of aromatic amines is 1. The summed E-state index contributed by atoms with van der Waals surface area (Å²) in [7, 11) is 1.62. The quantitative estimate of drug-likeness (QED) is 0.451. The van der Waals surface area contributed by atoms with Crippen LogP contribution in [0.3, 0.4) is 0 Å². The molecule has 7 heteroatoms. The Kier molecular flexibility index (Phi) is 7.50. The standard InChI is InChI=1S/C26H31N3O3S/c1-3-32-22-13-10-20(11-14-22)27-26(33)29(21-7-5-4-6-8-21)17-19-15-18-9-12-23(31-2)16-24(18)28-25(19)30/h9-16,21H,3-8,17H2,1-2H3,(H,27,33)(H,28,30). The van der Waals surface area contributed by atoms with Gasteiger partial charge >= 0.3 is 0 Å². The first kappa shape index (κ1) is 23.1. The molecule has 0 amide bonds. The summed E-state index contributed by atoms with van der Waals surface area (Å²) in [5.74, 6) is 1.55. The van der Waals surface area contributed by atoms with Crippen LogP contribution in [0.25, 0.3) is 10.9 Å². The minimum Gasteiger partial charge on any atom is -0.497 e. The summed E-state index contributed by atoms with van der Waals surface area (Å²) >= 11 is 5.85. The van der Waals surface area contributed by atoms with Gasteiger partial charge in [-0.2, -0.15) is 0 Å². The number of ether oxygens (including phenoxy) is 2. The number of methoxy groups -OCH3 is 1. The first-order valence-corrected chi connectivity index (χ1v) is 12.0. The van der Waals surface area contributed by atoms with Gasteiger partial charge in [-0.3, -0.25) is 4.79 Å². The van der Waals surface area contributed by atoms with Crippen LogP contribution < -0.4 is 20.3 Å². The number of rotatable bonds is 7. The van der Waals surface area contributed by atoms with Crippen LogP contribution in [0.15, 0.2) is 53.3 Å². The van der Waals surface area contributed by atoms with Crippen molar-refractivity contribution in [1.82, 2.24) is 9.88 Å². The summed E-state index contributed by atoms with van der Waals surface area (Å²) in [5, 5.41) is 4.98. The maximum absolute atomic E-state index is 12.9. The molecule has 4 rings (SSSR count). The monoisotopic (exact) mass is 465 g/mol. The van der Waals surface area contributed by atoms with Gasteiger partial charge in [0, 0.05) is 23.4 Å². The van der Waals surface area contributed by atoms with Crippen molar-refractivity contribution in [3.05, 3.63) is 64.4 Å². The molecule has 174 valence electrons. The molecule has 0 radical (unpaired) electrons. The van der Waals surface area contributed by atoms with Gasteiger partial charge in [-0.05, 0) is 79.8 Å². The summed E-state index contributed by atoms with van der Waals surface area (Å²) < 4.78 is 10.8. The van der Waals surface area contributed by atoms with Crippen molar-refractivity contribution >= 4 is 33.9 Å². The summed E-state index contributed by atoms with van der Waals surface area (Å²) in [5.41, 5.74) is 2.28. The molecule has 0 bridgehead atoms. The van der Waals surface area contributed by atoms with Crippen molar-refractivity contribution in [2.75, 3.05) is 19.0 Å². The number of benzene rings is 2. The molecule has 0 saturated heterocycles. The zero-order valence-corrected chi connectivity index (χ0v) is 20.0. The summed E-state index contributed by atoms with van der Waals surface area (Å²) in [4.78, 5) is 18.1. The highest BCUT2D eigenvalue weighted by atomic mass is 32.1. The number of fused-ring (bicyclic) bond motifs is 1. The Hall–Kier alpha value is -3.06. The number of hydrogen-bond acceptors (Lipinski definition) is 4. The first-order valence-electron chi connectivity index (χ1n) is 11.6. The Morgan fingerprint density at radius 3 is 2.52 bits per heavy atom. The topological polar surface area (TPSA) is 66.6 Å². The van der Waals surface area contributed by atoms with Gasteiger partial charge in [0.1, 0.15) is 11.5 Å². The van der Waals surface area contributed by atoms with E-state index in [0.29, 0.717) is 29.9 Å². The van der Waals surface area contributed by atoms with Crippen molar-refractivity contribution < 1.29 is 9.47 Å². The van der Waals surface area contributed by atoms with Crippen LogP contribution >= 0.6 is 12.2 Å². The minimum absolute atomic E-state index is 0.0968. The molecule has 1 aliphatic carbocycles. The summed E-state index contributed by atoms with van der Waals surface area (Å²) in [6.07, 6.45) is 5.77. The lowest BCUT2D eigenvalue weighted by Gasteiger charge is -2.36. The lowest BCUT2D eigenvalue weighted by atomic mass is 9.94. The molecule has 33 heavy (non-hydrogen) atoms. The van der Waals surface area contributed by atoms with Crippen LogP contribution in [0.1, 0.15) is 44.6 Å². The van der Waals surface area contributed by atoms with Crippen molar-refractivity contribution in [2.45, 2.75) is 51.6 Å². The number of pyridine rings is 1. The van der Waals surface area contributed by atoms with Gasteiger partial charge in [0.2, 0.25) is 0 Å². The van der Waals surface area contributed by atoms with Crippen molar-refractivity contribution in [3.8, 4) is 11.5 Å². The lowest BCUT2D eigenvalue weighted by Crippen LogP contribution is -2.44. The molecule has 1 aromatic heterocycles. The van der Waals surface area contributed by atoms with E-state index in [0.717, 1.165) is 40.9 Å². The predicted octanol–water partition coefficient (Wildman–Crippen LogP) is 5.47. The largest absolute Gasteiger partial charge is 0.497 e. The van der Waals surface area contributed by atoms with E-state index in [2.05, 4.69) is 15.2 Å². The number of hydrogen-bond donors (Lipinski definition) is 2. The number of nitrogens with one attached hydrogen (secondary N) is 2. The highest BCUT2D eigenvalue weighted by molar-refractivity contribution is 7.80. The molecule has 1 saturated carbocycles. The average Bonchev–Trinajstić information content (AvgIpc) is 2.84. The van der Waals surface area contributed by atoms with Gasteiger partial charge in [-0.1, -0.05) is 19.3 Å². The molecular weight excluding hydrogens is 434 g/mol. The Morgan fingerprint density at radius 1 is 1.09 bits per heavy atom. The number of H-pyrrole nitrogens is 1. The van der Waals surface area contributed by atoms with Crippen LogP contribution in [0, 0.1) is 0 Å². The molecule has 2 aromatic carbocycles. The molecule has 1 aliphatic rings. The van der Waals surface area contributed by atoms with E-state index in [-0.39, 0.29) is 5.56 Å². The van der Waals surface area contributed by atoms with E-state index in [4.69, 9.17) is 21.7 Å². The molecule has 6 nitrogen and oxygen atoms in total. The minimum atomic E-state index is -0.0968. The van der Waals surface area contributed by atoms with Gasteiger partial charge in [0.05, 0.1) is 25.8 Å². The smallest absolute Gasteiger partial charge is 0.253 e. The predicted molar refractivity (Wildman–Crippen MR) is 137 cm³/mol. The van der Waals surface area contributed by atoms with E-state index in [1.165, 1.54) is 19.3 Å². The summed E-state index contributed by atoms with van der Waals surface area (Å²) in [6.45, 7) is 3.06. The first-order chi connectivity index (χ1) is 16.1. The van der Waals surface area contributed by atoms with Crippen molar-refractivity contribution in [3.63, 3.8) is 0 Å².